The van der Waals surface area contributed by atoms with Gasteiger partial charge in [0.1, 0.15) is 12.4 Å². The molecule has 0 aliphatic carbocycles. The fourth-order valence-corrected chi connectivity index (χ4v) is 1.96. The molecule has 2 aromatic rings. The highest BCUT2D eigenvalue weighted by Gasteiger charge is 2.33. The molecule has 0 atom stereocenters. The lowest BCUT2D eigenvalue weighted by atomic mass is 10.1. The summed E-state index contributed by atoms with van der Waals surface area (Å²) in [6.45, 7) is 1.71. The van der Waals surface area contributed by atoms with E-state index in [1.165, 1.54) is 20.1 Å². The third-order valence-corrected chi connectivity index (χ3v) is 2.90. The minimum atomic E-state index is -4.34. The highest BCUT2D eigenvalue weighted by molar-refractivity contribution is 5.78. The van der Waals surface area contributed by atoms with Crippen molar-refractivity contribution < 1.29 is 17.9 Å². The molecule has 3 nitrogen and oxygen atoms in total. The zero-order valence-electron chi connectivity index (χ0n) is 10.3. The number of aryl methyl sites for hydroxylation is 2. The van der Waals surface area contributed by atoms with Crippen LogP contribution in [0, 0.1) is 6.92 Å². The summed E-state index contributed by atoms with van der Waals surface area (Å²) in [6, 6.07) is 2.59. The Morgan fingerprint density at radius 1 is 1.33 bits per heavy atom. The lowest BCUT2D eigenvalue weighted by Crippen LogP contribution is -2.07. The van der Waals surface area contributed by atoms with Gasteiger partial charge in [-0.3, -0.25) is 0 Å². The quantitative estimate of drug-likeness (QED) is 0.827. The molecule has 0 amide bonds. The standard InChI is InChI=1S/C12H13F3N2O/c1-7-4-9-10(5-8(7)12(13,14)15)17(2)11(16-9)6-18-3/h4-5H,6H2,1-3H3. The number of rotatable bonds is 2. The van der Waals surface area contributed by atoms with Crippen LogP contribution in [0.2, 0.25) is 0 Å². The first kappa shape index (κ1) is 12.9. The van der Waals surface area contributed by atoms with Crippen LogP contribution < -0.4 is 0 Å². The summed E-state index contributed by atoms with van der Waals surface area (Å²) in [6.07, 6.45) is -4.34. The number of halogens is 3. The number of aromatic nitrogens is 2. The molecule has 1 heterocycles. The summed E-state index contributed by atoms with van der Waals surface area (Å²) in [4.78, 5) is 4.26. The van der Waals surface area contributed by atoms with Gasteiger partial charge in [0, 0.05) is 14.2 Å². The van der Waals surface area contributed by atoms with E-state index in [4.69, 9.17) is 4.74 Å². The van der Waals surface area contributed by atoms with Crippen LogP contribution in [0.5, 0.6) is 0 Å². The Morgan fingerprint density at radius 2 is 2.00 bits per heavy atom. The second-order valence-corrected chi connectivity index (χ2v) is 4.17. The summed E-state index contributed by atoms with van der Waals surface area (Å²) >= 11 is 0. The number of hydrogen-bond donors (Lipinski definition) is 0. The van der Waals surface area contributed by atoms with Gasteiger partial charge in [-0.05, 0) is 24.6 Å². The van der Waals surface area contributed by atoms with Gasteiger partial charge in [0.2, 0.25) is 0 Å². The number of benzene rings is 1. The van der Waals surface area contributed by atoms with E-state index < -0.39 is 11.7 Å². The molecule has 0 radical (unpaired) electrons. The second-order valence-electron chi connectivity index (χ2n) is 4.17. The van der Waals surface area contributed by atoms with Crippen LogP contribution >= 0.6 is 0 Å². The van der Waals surface area contributed by atoms with Gasteiger partial charge < -0.3 is 9.30 Å². The lowest BCUT2D eigenvalue weighted by molar-refractivity contribution is -0.137. The Bertz CT molecular complexity index is 587. The first-order chi connectivity index (χ1) is 8.34. The first-order valence-electron chi connectivity index (χ1n) is 5.36. The zero-order valence-corrected chi connectivity index (χ0v) is 10.3. The normalized spacial score (nSPS) is 12.3. The van der Waals surface area contributed by atoms with Crippen LogP contribution in [0.3, 0.4) is 0 Å². The average molecular weight is 258 g/mol. The van der Waals surface area contributed by atoms with Gasteiger partial charge >= 0.3 is 6.18 Å². The summed E-state index contributed by atoms with van der Waals surface area (Å²) in [7, 11) is 3.20. The fourth-order valence-electron chi connectivity index (χ4n) is 1.96. The third-order valence-electron chi connectivity index (χ3n) is 2.90. The highest BCUT2D eigenvalue weighted by atomic mass is 19.4. The van der Waals surface area contributed by atoms with E-state index in [-0.39, 0.29) is 12.2 Å². The number of methoxy groups -OCH3 is 1. The molecule has 0 spiro atoms. The molecule has 0 N–H and O–H groups in total. The molecular formula is C12H13F3N2O. The fraction of sp³-hybridized carbons (Fsp3) is 0.417. The summed E-state index contributed by atoms with van der Waals surface area (Å²) < 4.78 is 45.0. The molecule has 6 heteroatoms. The van der Waals surface area contributed by atoms with Crippen molar-refractivity contribution >= 4 is 11.0 Å². The van der Waals surface area contributed by atoms with Gasteiger partial charge in [-0.1, -0.05) is 0 Å². The highest BCUT2D eigenvalue weighted by Crippen LogP contribution is 2.34. The largest absolute Gasteiger partial charge is 0.416 e. The molecular weight excluding hydrogens is 245 g/mol. The van der Waals surface area contributed by atoms with Gasteiger partial charge in [-0.2, -0.15) is 13.2 Å². The molecule has 98 valence electrons. The van der Waals surface area contributed by atoms with Crippen molar-refractivity contribution in [1.29, 1.82) is 0 Å². The second kappa shape index (κ2) is 4.28. The zero-order chi connectivity index (χ0) is 13.5. The van der Waals surface area contributed by atoms with E-state index >= 15 is 0 Å². The van der Waals surface area contributed by atoms with Gasteiger partial charge in [-0.15, -0.1) is 0 Å². The maximum Gasteiger partial charge on any atom is 0.416 e. The van der Waals surface area contributed by atoms with Crippen molar-refractivity contribution in [2.75, 3.05) is 7.11 Å². The minimum Gasteiger partial charge on any atom is -0.377 e. The molecule has 1 aromatic carbocycles. The number of imidazole rings is 1. The SMILES string of the molecule is COCc1nc2cc(C)c(C(F)(F)F)cc2n1C. The van der Waals surface area contributed by atoms with Crippen molar-refractivity contribution in [2.24, 2.45) is 7.05 Å². The number of nitrogens with zero attached hydrogens (tertiary/aromatic N) is 2. The Labute approximate surface area is 102 Å². The maximum atomic E-state index is 12.8. The maximum absolute atomic E-state index is 12.8. The summed E-state index contributed by atoms with van der Waals surface area (Å²) in [5, 5.41) is 0. The van der Waals surface area contributed by atoms with Crippen LogP contribution in [-0.2, 0) is 24.6 Å². The van der Waals surface area contributed by atoms with E-state index in [1.807, 2.05) is 0 Å². The van der Waals surface area contributed by atoms with Crippen LogP contribution in [0.1, 0.15) is 17.0 Å². The van der Waals surface area contributed by atoms with Crippen LogP contribution in [0.25, 0.3) is 11.0 Å². The molecule has 0 aliphatic rings. The Kier molecular flexibility index (Phi) is 3.06. The summed E-state index contributed by atoms with van der Waals surface area (Å²) in [5.41, 5.74) is 0.564. The predicted molar refractivity (Wildman–Crippen MR) is 61.2 cm³/mol. The van der Waals surface area contributed by atoms with E-state index in [9.17, 15) is 13.2 Å². The van der Waals surface area contributed by atoms with Gasteiger partial charge in [0.25, 0.3) is 0 Å². The van der Waals surface area contributed by atoms with E-state index in [1.54, 1.807) is 11.6 Å². The molecule has 0 unspecified atom stereocenters. The molecule has 1 aromatic heterocycles. The van der Waals surface area contributed by atoms with Crippen LogP contribution in [0.4, 0.5) is 13.2 Å². The van der Waals surface area contributed by atoms with Crippen LogP contribution in [-0.4, -0.2) is 16.7 Å². The Balaban J connectivity index is 2.67. The number of alkyl halides is 3. The van der Waals surface area contributed by atoms with Crippen molar-refractivity contribution in [3.63, 3.8) is 0 Å². The molecule has 0 saturated heterocycles. The van der Waals surface area contributed by atoms with Gasteiger partial charge in [0.15, 0.2) is 0 Å². The molecule has 2 rings (SSSR count). The molecule has 0 fully saturated rings. The summed E-state index contributed by atoms with van der Waals surface area (Å²) in [5.74, 6) is 0.603. The van der Waals surface area contributed by atoms with Crippen molar-refractivity contribution in [2.45, 2.75) is 19.7 Å². The van der Waals surface area contributed by atoms with Gasteiger partial charge in [-0.25, -0.2) is 4.98 Å². The monoisotopic (exact) mass is 258 g/mol. The topological polar surface area (TPSA) is 27.1 Å². The van der Waals surface area contributed by atoms with Gasteiger partial charge in [0.05, 0.1) is 16.6 Å². The lowest BCUT2D eigenvalue weighted by Gasteiger charge is -2.10. The molecule has 0 aliphatic heterocycles. The van der Waals surface area contributed by atoms with E-state index in [0.29, 0.717) is 16.9 Å². The molecule has 0 saturated carbocycles. The number of ether oxygens (including phenoxy) is 1. The number of fused-ring (bicyclic) bond motifs is 1. The predicted octanol–water partition coefficient (Wildman–Crippen LogP) is 3.05. The molecule has 18 heavy (non-hydrogen) atoms. The first-order valence-corrected chi connectivity index (χ1v) is 5.36. The molecule has 0 bridgehead atoms. The van der Waals surface area contributed by atoms with Crippen molar-refractivity contribution in [1.82, 2.24) is 9.55 Å². The van der Waals surface area contributed by atoms with Crippen molar-refractivity contribution in [3.8, 4) is 0 Å². The Morgan fingerprint density at radius 3 is 2.56 bits per heavy atom. The Hall–Kier alpha value is -1.56. The van der Waals surface area contributed by atoms with Crippen LogP contribution in [0.15, 0.2) is 12.1 Å². The van der Waals surface area contributed by atoms with E-state index in [2.05, 4.69) is 4.98 Å². The average Bonchev–Trinajstić information content (AvgIpc) is 2.53. The van der Waals surface area contributed by atoms with Crippen molar-refractivity contribution in [3.05, 3.63) is 29.1 Å². The smallest absolute Gasteiger partial charge is 0.377 e. The van der Waals surface area contributed by atoms with E-state index in [0.717, 1.165) is 6.07 Å². The number of hydrogen-bond acceptors (Lipinski definition) is 2. The third kappa shape index (κ3) is 2.08. The minimum absolute atomic E-state index is 0.178.